The molecule has 4 nitrogen and oxygen atoms in total. The van der Waals surface area contributed by atoms with E-state index in [-0.39, 0.29) is 6.42 Å². The monoisotopic (exact) mass is 265 g/mol. The van der Waals surface area contributed by atoms with Crippen molar-refractivity contribution in [1.82, 2.24) is 10.3 Å². The minimum Gasteiger partial charge on any atom is -0.391 e. The number of hydrogen-bond acceptors (Lipinski definition) is 5. The fourth-order valence-corrected chi connectivity index (χ4v) is 1.95. The van der Waals surface area contributed by atoms with E-state index >= 15 is 0 Å². The van der Waals surface area contributed by atoms with Crippen molar-refractivity contribution in [3.05, 3.63) is 16.6 Å². The SMILES string of the molecule is FC(F)(F)C1=NOC(CNCc2cscn2)C1. The maximum absolute atomic E-state index is 12.2. The lowest BCUT2D eigenvalue weighted by molar-refractivity contribution is -0.0604. The zero-order chi connectivity index (χ0) is 12.3. The maximum Gasteiger partial charge on any atom is 0.432 e. The van der Waals surface area contributed by atoms with E-state index in [4.69, 9.17) is 4.84 Å². The molecule has 0 bridgehead atoms. The van der Waals surface area contributed by atoms with E-state index in [1.54, 1.807) is 5.51 Å². The van der Waals surface area contributed by atoms with Crippen molar-refractivity contribution in [2.24, 2.45) is 5.16 Å². The summed E-state index contributed by atoms with van der Waals surface area (Å²) in [4.78, 5) is 8.74. The third-order valence-electron chi connectivity index (χ3n) is 2.22. The predicted octanol–water partition coefficient (Wildman–Crippen LogP) is 1.94. The fraction of sp³-hybridized carbons (Fsp3) is 0.556. The van der Waals surface area contributed by atoms with Crippen molar-refractivity contribution in [1.29, 1.82) is 0 Å². The first-order valence-corrected chi connectivity index (χ1v) is 5.87. The molecule has 1 aromatic heterocycles. The number of hydrogen-bond donors (Lipinski definition) is 1. The Balaban J connectivity index is 1.70. The van der Waals surface area contributed by atoms with Gasteiger partial charge in [0.25, 0.3) is 0 Å². The second kappa shape index (κ2) is 5.01. The summed E-state index contributed by atoms with van der Waals surface area (Å²) < 4.78 is 36.7. The minimum absolute atomic E-state index is 0.201. The number of nitrogens with one attached hydrogen (secondary N) is 1. The second-order valence-electron chi connectivity index (χ2n) is 3.58. The Labute approximate surface area is 99.5 Å². The maximum atomic E-state index is 12.2. The van der Waals surface area contributed by atoms with E-state index in [1.807, 2.05) is 5.38 Å². The molecule has 0 aromatic carbocycles. The quantitative estimate of drug-likeness (QED) is 0.905. The van der Waals surface area contributed by atoms with Gasteiger partial charge in [-0.3, -0.25) is 0 Å². The molecule has 1 aliphatic heterocycles. The summed E-state index contributed by atoms with van der Waals surface area (Å²) in [6.07, 6.45) is -5.14. The van der Waals surface area contributed by atoms with Crippen molar-refractivity contribution in [3.63, 3.8) is 0 Å². The smallest absolute Gasteiger partial charge is 0.391 e. The van der Waals surface area contributed by atoms with Crippen molar-refractivity contribution in [2.75, 3.05) is 6.54 Å². The van der Waals surface area contributed by atoms with E-state index in [0.29, 0.717) is 13.1 Å². The lowest BCUT2D eigenvalue weighted by atomic mass is 10.2. The van der Waals surface area contributed by atoms with Gasteiger partial charge in [-0.2, -0.15) is 13.2 Å². The van der Waals surface area contributed by atoms with Gasteiger partial charge in [-0.1, -0.05) is 5.16 Å². The molecule has 1 N–H and O–H groups in total. The molecule has 0 fully saturated rings. The molecule has 1 aliphatic rings. The van der Waals surface area contributed by atoms with E-state index < -0.39 is 18.0 Å². The first-order chi connectivity index (χ1) is 8.05. The van der Waals surface area contributed by atoms with E-state index in [9.17, 15) is 13.2 Å². The molecule has 2 heterocycles. The van der Waals surface area contributed by atoms with Crippen LogP contribution in [0, 0.1) is 0 Å². The van der Waals surface area contributed by atoms with Crippen LogP contribution in [-0.2, 0) is 11.4 Å². The number of nitrogens with zero attached hydrogens (tertiary/aromatic N) is 2. The summed E-state index contributed by atoms with van der Waals surface area (Å²) in [6, 6.07) is 0. The standard InChI is InChI=1S/C9H10F3N3OS/c10-9(11,12)8-1-7(16-15-8)3-13-2-6-4-17-5-14-6/h4-5,7,13H,1-3H2. The Kier molecular flexibility index (Phi) is 3.63. The Morgan fingerprint density at radius 3 is 2.94 bits per heavy atom. The first kappa shape index (κ1) is 12.3. The normalized spacial score (nSPS) is 20.2. The van der Waals surface area contributed by atoms with Crippen molar-refractivity contribution >= 4 is 17.0 Å². The van der Waals surface area contributed by atoms with Crippen LogP contribution in [-0.4, -0.2) is 29.5 Å². The number of thiazole rings is 1. The van der Waals surface area contributed by atoms with Gasteiger partial charge < -0.3 is 10.2 Å². The van der Waals surface area contributed by atoms with Crippen LogP contribution in [0.3, 0.4) is 0 Å². The highest BCUT2D eigenvalue weighted by Gasteiger charge is 2.41. The second-order valence-corrected chi connectivity index (χ2v) is 4.30. The van der Waals surface area contributed by atoms with Crippen molar-refractivity contribution < 1.29 is 18.0 Å². The van der Waals surface area contributed by atoms with Crippen LogP contribution in [0.1, 0.15) is 12.1 Å². The van der Waals surface area contributed by atoms with Gasteiger partial charge >= 0.3 is 6.18 Å². The van der Waals surface area contributed by atoms with Crippen LogP contribution in [0.5, 0.6) is 0 Å². The van der Waals surface area contributed by atoms with Crippen LogP contribution >= 0.6 is 11.3 Å². The lowest BCUT2D eigenvalue weighted by Gasteiger charge is -2.09. The molecule has 0 amide bonds. The van der Waals surface area contributed by atoms with Gasteiger partial charge in [0.05, 0.1) is 11.2 Å². The Hall–Kier alpha value is -1.15. The summed E-state index contributed by atoms with van der Waals surface area (Å²) in [5.41, 5.74) is 1.72. The number of halogens is 3. The third-order valence-corrected chi connectivity index (χ3v) is 2.86. The molecule has 0 saturated heterocycles. The van der Waals surface area contributed by atoms with Gasteiger partial charge in [0.1, 0.15) is 6.10 Å². The number of rotatable bonds is 4. The third kappa shape index (κ3) is 3.40. The van der Waals surface area contributed by atoms with Crippen LogP contribution in [0.2, 0.25) is 0 Å². The van der Waals surface area contributed by atoms with Gasteiger partial charge in [-0.15, -0.1) is 11.3 Å². The van der Waals surface area contributed by atoms with Crippen molar-refractivity contribution in [2.45, 2.75) is 25.2 Å². The average Bonchev–Trinajstić information content (AvgIpc) is 2.86. The highest BCUT2D eigenvalue weighted by Crippen LogP contribution is 2.25. The van der Waals surface area contributed by atoms with Gasteiger partial charge in [0, 0.05) is 24.9 Å². The zero-order valence-corrected chi connectivity index (χ0v) is 9.51. The van der Waals surface area contributed by atoms with Crippen molar-refractivity contribution in [3.8, 4) is 0 Å². The molecule has 1 unspecified atom stereocenters. The molecule has 8 heteroatoms. The molecule has 0 aliphatic carbocycles. The Bertz CT molecular complexity index is 391. The molecule has 1 aromatic rings. The average molecular weight is 265 g/mol. The molecule has 1 atom stereocenters. The molecular weight excluding hydrogens is 255 g/mol. The Morgan fingerprint density at radius 2 is 2.35 bits per heavy atom. The number of aromatic nitrogens is 1. The first-order valence-electron chi connectivity index (χ1n) is 4.93. The summed E-state index contributed by atoms with van der Waals surface area (Å²) >= 11 is 1.47. The summed E-state index contributed by atoms with van der Waals surface area (Å²) in [7, 11) is 0. The van der Waals surface area contributed by atoms with Crippen LogP contribution in [0.15, 0.2) is 16.0 Å². The highest BCUT2D eigenvalue weighted by molar-refractivity contribution is 7.07. The van der Waals surface area contributed by atoms with Gasteiger partial charge in [-0.05, 0) is 0 Å². The topological polar surface area (TPSA) is 46.5 Å². The van der Waals surface area contributed by atoms with Crippen LogP contribution in [0.25, 0.3) is 0 Å². The molecule has 0 spiro atoms. The fourth-order valence-electron chi connectivity index (χ4n) is 1.39. The predicted molar refractivity (Wildman–Crippen MR) is 56.8 cm³/mol. The lowest BCUT2D eigenvalue weighted by Crippen LogP contribution is -2.29. The highest BCUT2D eigenvalue weighted by atomic mass is 32.1. The van der Waals surface area contributed by atoms with Crippen LogP contribution in [0.4, 0.5) is 13.2 Å². The summed E-state index contributed by atoms with van der Waals surface area (Å²) in [5.74, 6) is 0. The molecule has 94 valence electrons. The van der Waals surface area contributed by atoms with E-state index in [1.165, 1.54) is 11.3 Å². The molecule has 2 rings (SSSR count). The number of oxime groups is 1. The van der Waals surface area contributed by atoms with E-state index in [2.05, 4.69) is 15.5 Å². The minimum atomic E-state index is -4.39. The largest absolute Gasteiger partial charge is 0.432 e. The van der Waals surface area contributed by atoms with Gasteiger partial charge in [-0.25, -0.2) is 4.98 Å². The van der Waals surface area contributed by atoms with Gasteiger partial charge in [0.15, 0.2) is 5.71 Å². The molecule has 17 heavy (non-hydrogen) atoms. The van der Waals surface area contributed by atoms with E-state index in [0.717, 1.165) is 5.69 Å². The van der Waals surface area contributed by atoms with Gasteiger partial charge in [0.2, 0.25) is 0 Å². The molecule has 0 saturated carbocycles. The summed E-state index contributed by atoms with van der Waals surface area (Å²) in [6.45, 7) is 0.839. The Morgan fingerprint density at radius 1 is 1.53 bits per heavy atom. The number of alkyl halides is 3. The molecular formula is C9H10F3N3OS. The van der Waals surface area contributed by atoms with Crippen LogP contribution < -0.4 is 5.32 Å². The summed E-state index contributed by atoms with van der Waals surface area (Å²) in [5, 5.41) is 7.90. The zero-order valence-electron chi connectivity index (χ0n) is 8.70. The molecule has 0 radical (unpaired) electrons.